The zero-order valence-corrected chi connectivity index (χ0v) is 15.4. The summed E-state index contributed by atoms with van der Waals surface area (Å²) < 4.78 is 2.00. The van der Waals surface area contributed by atoms with E-state index in [1.165, 1.54) is 11.8 Å². The summed E-state index contributed by atoms with van der Waals surface area (Å²) in [5, 5.41) is 4.02. The highest BCUT2D eigenvalue weighted by atomic mass is 32.2. The number of aromatic nitrogens is 2. The molecule has 2 heterocycles. The fraction of sp³-hybridized carbons (Fsp3) is 0.300. The minimum absolute atomic E-state index is 0.0344. The van der Waals surface area contributed by atoms with Crippen LogP contribution in [0.15, 0.2) is 66.1 Å². The first-order valence-corrected chi connectivity index (χ1v) is 9.51. The molecule has 0 aliphatic rings. The van der Waals surface area contributed by atoms with Gasteiger partial charge in [-0.05, 0) is 30.0 Å². The van der Waals surface area contributed by atoms with Crippen molar-refractivity contribution in [1.29, 1.82) is 0 Å². The molecule has 1 aromatic carbocycles. The number of hydrogen-bond donors (Lipinski definition) is 1. The van der Waals surface area contributed by atoms with Gasteiger partial charge in [0.2, 0.25) is 5.91 Å². The summed E-state index contributed by atoms with van der Waals surface area (Å²) >= 11 is 1.46. The number of nitrogens with one attached hydrogen (secondary N) is 1. The molecule has 1 atom stereocenters. The summed E-state index contributed by atoms with van der Waals surface area (Å²) in [4.78, 5) is 16.9. The number of imidazole rings is 1. The minimum atomic E-state index is 0.0344. The predicted octanol–water partition coefficient (Wildman–Crippen LogP) is 4.33. The molecule has 2 aromatic heterocycles. The number of pyridine rings is 1. The summed E-state index contributed by atoms with van der Waals surface area (Å²) in [5.41, 5.74) is 2.19. The molecule has 5 heteroatoms. The third-order valence-electron chi connectivity index (χ3n) is 3.98. The third-order valence-corrected chi connectivity index (χ3v) is 4.95. The van der Waals surface area contributed by atoms with Crippen LogP contribution in [0.5, 0.6) is 0 Å². The van der Waals surface area contributed by atoms with Crippen LogP contribution >= 0.6 is 11.8 Å². The zero-order valence-electron chi connectivity index (χ0n) is 14.6. The van der Waals surface area contributed by atoms with Crippen molar-refractivity contribution >= 4 is 23.2 Å². The van der Waals surface area contributed by atoms with Crippen molar-refractivity contribution in [2.45, 2.75) is 31.5 Å². The maximum atomic E-state index is 12.5. The van der Waals surface area contributed by atoms with Crippen molar-refractivity contribution in [3.05, 3.63) is 66.5 Å². The van der Waals surface area contributed by atoms with Crippen LogP contribution in [0.1, 0.15) is 31.9 Å². The Morgan fingerprint density at radius 2 is 1.92 bits per heavy atom. The zero-order chi connectivity index (χ0) is 17.6. The van der Waals surface area contributed by atoms with E-state index in [1.807, 2.05) is 53.2 Å². The summed E-state index contributed by atoms with van der Waals surface area (Å²) in [6.07, 6.45) is 4.71. The first-order chi connectivity index (χ1) is 12.1. The average molecular weight is 353 g/mol. The average Bonchev–Trinajstić information content (AvgIpc) is 3.03. The molecule has 1 amide bonds. The highest BCUT2D eigenvalue weighted by molar-refractivity contribution is 7.99. The van der Waals surface area contributed by atoms with Gasteiger partial charge in [-0.2, -0.15) is 0 Å². The van der Waals surface area contributed by atoms with E-state index in [4.69, 9.17) is 0 Å². The Morgan fingerprint density at radius 3 is 2.68 bits per heavy atom. The van der Waals surface area contributed by atoms with Gasteiger partial charge in [-0.3, -0.25) is 9.20 Å². The number of carbonyl (C=O) groups is 1. The van der Waals surface area contributed by atoms with E-state index in [2.05, 4.69) is 36.3 Å². The molecule has 0 fully saturated rings. The van der Waals surface area contributed by atoms with Crippen LogP contribution in [-0.2, 0) is 4.79 Å². The van der Waals surface area contributed by atoms with Crippen LogP contribution < -0.4 is 5.32 Å². The van der Waals surface area contributed by atoms with Gasteiger partial charge in [0, 0.05) is 6.20 Å². The molecular weight excluding hydrogens is 330 g/mol. The Labute approximate surface area is 152 Å². The minimum Gasteiger partial charge on any atom is -0.349 e. The van der Waals surface area contributed by atoms with Crippen molar-refractivity contribution in [1.82, 2.24) is 14.7 Å². The van der Waals surface area contributed by atoms with Crippen LogP contribution in [0.4, 0.5) is 0 Å². The second-order valence-electron chi connectivity index (χ2n) is 6.49. The maximum absolute atomic E-state index is 12.5. The molecule has 0 saturated carbocycles. The molecule has 1 N–H and O–H groups in total. The monoisotopic (exact) mass is 353 g/mol. The number of carbonyl (C=O) groups excluding carboxylic acids is 1. The Morgan fingerprint density at radius 1 is 1.16 bits per heavy atom. The van der Waals surface area contributed by atoms with E-state index < -0.39 is 0 Å². The molecule has 0 bridgehead atoms. The number of fused-ring (bicyclic) bond motifs is 1. The number of hydrogen-bond acceptors (Lipinski definition) is 3. The van der Waals surface area contributed by atoms with Gasteiger partial charge in [-0.25, -0.2) is 4.98 Å². The Bertz CT molecular complexity index is 829. The lowest BCUT2D eigenvalue weighted by Crippen LogP contribution is -2.30. The van der Waals surface area contributed by atoms with Gasteiger partial charge in [0.15, 0.2) is 5.16 Å². The second kappa shape index (κ2) is 8.21. The quantitative estimate of drug-likeness (QED) is 0.643. The second-order valence-corrected chi connectivity index (χ2v) is 7.43. The standard InChI is InChI=1S/C20H23N3OS/c1-15(2)12-18(16-8-4-3-5-9-16)22-19(24)14-25-20-21-13-17-10-6-7-11-23(17)20/h3-11,13,15,18H,12,14H2,1-2H3,(H,22,24)/t18-/m0/s1. The molecule has 25 heavy (non-hydrogen) atoms. The van der Waals surface area contributed by atoms with E-state index in [0.717, 1.165) is 22.7 Å². The van der Waals surface area contributed by atoms with Gasteiger partial charge in [0.1, 0.15) is 0 Å². The highest BCUT2D eigenvalue weighted by Crippen LogP contribution is 2.22. The van der Waals surface area contributed by atoms with E-state index in [1.54, 1.807) is 0 Å². The van der Waals surface area contributed by atoms with Crippen molar-refractivity contribution in [2.75, 3.05) is 5.75 Å². The fourth-order valence-corrected chi connectivity index (χ4v) is 3.60. The summed E-state index contributed by atoms with van der Waals surface area (Å²) in [6, 6.07) is 16.2. The lowest BCUT2D eigenvalue weighted by Gasteiger charge is -2.21. The van der Waals surface area contributed by atoms with Crippen LogP contribution in [-0.4, -0.2) is 21.0 Å². The summed E-state index contributed by atoms with van der Waals surface area (Å²) in [7, 11) is 0. The van der Waals surface area contributed by atoms with Gasteiger partial charge in [0.25, 0.3) is 0 Å². The Kier molecular flexibility index (Phi) is 5.76. The third kappa shape index (κ3) is 4.63. The number of benzene rings is 1. The molecule has 4 nitrogen and oxygen atoms in total. The fourth-order valence-electron chi connectivity index (χ4n) is 2.83. The topological polar surface area (TPSA) is 46.4 Å². The molecule has 0 aliphatic heterocycles. The first kappa shape index (κ1) is 17.5. The molecule has 0 radical (unpaired) electrons. The smallest absolute Gasteiger partial charge is 0.230 e. The number of rotatable bonds is 7. The molecular formula is C20H23N3OS. The van der Waals surface area contributed by atoms with Crippen molar-refractivity contribution in [2.24, 2.45) is 5.92 Å². The van der Waals surface area contributed by atoms with Gasteiger partial charge in [-0.15, -0.1) is 0 Å². The maximum Gasteiger partial charge on any atom is 0.230 e. The van der Waals surface area contributed by atoms with Crippen LogP contribution in [0.25, 0.3) is 5.52 Å². The Hall–Kier alpha value is -2.27. The number of amides is 1. The van der Waals surface area contributed by atoms with Gasteiger partial charge in [0.05, 0.1) is 23.5 Å². The number of thioether (sulfide) groups is 1. The van der Waals surface area contributed by atoms with Crippen LogP contribution in [0, 0.1) is 5.92 Å². The van der Waals surface area contributed by atoms with E-state index in [0.29, 0.717) is 11.7 Å². The molecule has 3 aromatic rings. The lowest BCUT2D eigenvalue weighted by atomic mass is 9.97. The molecule has 130 valence electrons. The van der Waals surface area contributed by atoms with Gasteiger partial charge < -0.3 is 5.32 Å². The molecule has 0 aliphatic carbocycles. The van der Waals surface area contributed by atoms with E-state index >= 15 is 0 Å². The number of nitrogens with zero attached hydrogens (tertiary/aromatic N) is 2. The molecule has 0 unspecified atom stereocenters. The Balaban J connectivity index is 1.63. The lowest BCUT2D eigenvalue weighted by molar-refractivity contribution is -0.119. The molecule has 3 rings (SSSR count). The molecule has 0 spiro atoms. The van der Waals surface area contributed by atoms with Gasteiger partial charge in [-0.1, -0.05) is 62.0 Å². The van der Waals surface area contributed by atoms with E-state index in [9.17, 15) is 4.79 Å². The highest BCUT2D eigenvalue weighted by Gasteiger charge is 2.16. The molecule has 0 saturated heterocycles. The normalized spacial score (nSPS) is 12.4. The van der Waals surface area contributed by atoms with Crippen LogP contribution in [0.3, 0.4) is 0 Å². The van der Waals surface area contributed by atoms with Crippen molar-refractivity contribution in [3.8, 4) is 0 Å². The van der Waals surface area contributed by atoms with Crippen molar-refractivity contribution in [3.63, 3.8) is 0 Å². The van der Waals surface area contributed by atoms with Crippen molar-refractivity contribution < 1.29 is 4.79 Å². The largest absolute Gasteiger partial charge is 0.349 e. The summed E-state index contributed by atoms with van der Waals surface area (Å²) in [5.74, 6) is 0.900. The predicted molar refractivity (Wildman–Crippen MR) is 103 cm³/mol. The van der Waals surface area contributed by atoms with Crippen LogP contribution in [0.2, 0.25) is 0 Å². The van der Waals surface area contributed by atoms with Gasteiger partial charge >= 0.3 is 0 Å². The first-order valence-electron chi connectivity index (χ1n) is 8.52. The summed E-state index contributed by atoms with van der Waals surface area (Å²) in [6.45, 7) is 4.35. The van der Waals surface area contributed by atoms with E-state index in [-0.39, 0.29) is 11.9 Å². The SMILES string of the molecule is CC(C)C[C@H](NC(=O)CSc1ncc2ccccn12)c1ccccc1.